The van der Waals surface area contributed by atoms with Crippen molar-refractivity contribution in [1.29, 1.82) is 0 Å². The fraction of sp³-hybridized carbons (Fsp3) is 0.579. The molecule has 3 rings (SSSR count). The third kappa shape index (κ3) is 3.47. The second-order valence-electron chi connectivity index (χ2n) is 7.79. The largest absolute Gasteiger partial charge is 0.458 e. The summed E-state index contributed by atoms with van der Waals surface area (Å²) in [5.74, 6) is -0.335. The van der Waals surface area contributed by atoms with E-state index in [9.17, 15) is 9.59 Å². The number of benzene rings is 1. The Bertz CT molecular complexity index is 599. The Labute approximate surface area is 137 Å². The Morgan fingerprint density at radius 2 is 1.87 bits per heavy atom. The van der Waals surface area contributed by atoms with E-state index in [2.05, 4.69) is 0 Å². The van der Waals surface area contributed by atoms with Crippen molar-refractivity contribution in [2.45, 2.75) is 58.2 Å². The molecule has 2 aliphatic rings. The lowest BCUT2D eigenvalue weighted by Gasteiger charge is -2.38. The zero-order valence-corrected chi connectivity index (χ0v) is 14.2. The van der Waals surface area contributed by atoms with Gasteiger partial charge < -0.3 is 4.74 Å². The summed E-state index contributed by atoms with van der Waals surface area (Å²) in [7, 11) is 0. The molecular weight excluding hydrogens is 290 g/mol. The molecule has 1 aliphatic carbocycles. The van der Waals surface area contributed by atoms with Gasteiger partial charge >= 0.3 is 5.97 Å². The maximum absolute atomic E-state index is 12.9. The lowest BCUT2D eigenvalue weighted by molar-refractivity contribution is -0.167. The van der Waals surface area contributed by atoms with Gasteiger partial charge in [-0.2, -0.15) is 0 Å². The molecule has 1 aromatic carbocycles. The first-order chi connectivity index (χ1) is 10.8. The second kappa shape index (κ2) is 5.75. The number of hydrogen-bond donors (Lipinski definition) is 0. The minimum absolute atomic E-state index is 0.0638. The number of Topliss-reactive ketones (excluding diaryl/α,β-unsaturated/α-hetero) is 1. The van der Waals surface area contributed by atoms with Gasteiger partial charge in [-0.05, 0) is 45.6 Å². The van der Waals surface area contributed by atoms with Gasteiger partial charge in [-0.15, -0.1) is 0 Å². The summed E-state index contributed by atoms with van der Waals surface area (Å²) in [5.41, 5.74) is 0.291. The number of esters is 1. The molecule has 1 saturated heterocycles. The number of piperidine rings is 1. The van der Waals surface area contributed by atoms with Crippen LogP contribution >= 0.6 is 0 Å². The third-order valence-electron chi connectivity index (χ3n) is 4.73. The molecule has 1 spiro atoms. The van der Waals surface area contributed by atoms with Crippen LogP contribution in [0.2, 0.25) is 0 Å². The molecule has 1 unspecified atom stereocenters. The van der Waals surface area contributed by atoms with Crippen molar-refractivity contribution >= 4 is 11.8 Å². The summed E-state index contributed by atoms with van der Waals surface area (Å²) in [6.07, 6.45) is 2.70. The summed E-state index contributed by atoms with van der Waals surface area (Å²) < 4.78 is 5.54. The van der Waals surface area contributed by atoms with E-state index in [0.717, 1.165) is 31.4 Å². The van der Waals surface area contributed by atoms with Crippen LogP contribution in [0.3, 0.4) is 0 Å². The maximum atomic E-state index is 12.9. The molecule has 4 heteroatoms. The van der Waals surface area contributed by atoms with Gasteiger partial charge in [-0.25, -0.2) is 4.79 Å². The van der Waals surface area contributed by atoms with Crippen LogP contribution in [0.1, 0.15) is 45.6 Å². The molecular formula is C19H25NO3. The van der Waals surface area contributed by atoms with Crippen LogP contribution in [0, 0.1) is 5.41 Å². The van der Waals surface area contributed by atoms with Crippen molar-refractivity contribution < 1.29 is 14.3 Å². The summed E-state index contributed by atoms with van der Waals surface area (Å²) in [5, 5.41) is 0. The molecule has 4 nitrogen and oxygen atoms in total. The first-order valence-electron chi connectivity index (χ1n) is 8.36. The van der Waals surface area contributed by atoms with Crippen LogP contribution in [0.25, 0.3) is 0 Å². The summed E-state index contributed by atoms with van der Waals surface area (Å²) in [4.78, 5) is 27.5. The number of ketones is 1. The van der Waals surface area contributed by atoms with Crippen LogP contribution in [-0.4, -0.2) is 34.8 Å². The van der Waals surface area contributed by atoms with E-state index in [-0.39, 0.29) is 11.2 Å². The average molecular weight is 315 g/mol. The summed E-state index contributed by atoms with van der Waals surface area (Å²) in [6, 6.07) is 9.22. The molecule has 2 fully saturated rings. The predicted molar refractivity (Wildman–Crippen MR) is 87.8 cm³/mol. The Hall–Kier alpha value is -1.68. The highest BCUT2D eigenvalue weighted by Crippen LogP contribution is 2.53. The molecule has 0 bridgehead atoms. The standard InChI is InChI=1S/C19H25NO3/c1-18(2,3)23-17(22)15-16(21)19(9-10-19)11-12-20(15)13-14-7-5-4-6-8-14/h4-8,15H,9-13H2,1-3H3. The highest BCUT2D eigenvalue weighted by atomic mass is 16.6. The zero-order valence-electron chi connectivity index (χ0n) is 14.2. The summed E-state index contributed by atoms with van der Waals surface area (Å²) >= 11 is 0. The van der Waals surface area contributed by atoms with Gasteiger partial charge in [-0.3, -0.25) is 9.69 Å². The molecule has 0 radical (unpaired) electrons. The molecule has 1 aromatic rings. The van der Waals surface area contributed by atoms with Gasteiger partial charge in [0.15, 0.2) is 11.8 Å². The fourth-order valence-electron chi connectivity index (χ4n) is 3.32. The molecule has 1 aliphatic heterocycles. The molecule has 1 atom stereocenters. The van der Waals surface area contributed by atoms with Gasteiger partial charge in [0.1, 0.15) is 5.60 Å². The minimum Gasteiger partial charge on any atom is -0.458 e. The van der Waals surface area contributed by atoms with Crippen molar-refractivity contribution in [3.05, 3.63) is 35.9 Å². The molecule has 23 heavy (non-hydrogen) atoms. The quantitative estimate of drug-likeness (QED) is 0.635. The second-order valence-corrected chi connectivity index (χ2v) is 7.79. The van der Waals surface area contributed by atoms with Gasteiger partial charge in [-0.1, -0.05) is 30.3 Å². The lowest BCUT2D eigenvalue weighted by atomic mass is 9.86. The number of nitrogens with zero attached hydrogens (tertiary/aromatic N) is 1. The molecule has 0 amide bonds. The molecule has 124 valence electrons. The predicted octanol–water partition coefficient (Wildman–Crippen LogP) is 2.95. The van der Waals surface area contributed by atoms with E-state index in [1.807, 2.05) is 56.0 Å². The van der Waals surface area contributed by atoms with Crippen LogP contribution < -0.4 is 0 Å². The number of likely N-dealkylation sites (tertiary alicyclic amines) is 1. The highest BCUT2D eigenvalue weighted by molar-refractivity contribution is 6.07. The molecule has 1 heterocycles. The number of carbonyl (C=O) groups excluding carboxylic acids is 2. The van der Waals surface area contributed by atoms with E-state index >= 15 is 0 Å². The van der Waals surface area contributed by atoms with Crippen molar-refractivity contribution in [3.63, 3.8) is 0 Å². The molecule has 1 saturated carbocycles. The van der Waals surface area contributed by atoms with Crippen LogP contribution in [-0.2, 0) is 20.9 Å². The van der Waals surface area contributed by atoms with E-state index < -0.39 is 17.6 Å². The SMILES string of the molecule is CC(C)(C)OC(=O)C1C(=O)C2(CCN1Cc1ccccc1)CC2. The van der Waals surface area contributed by atoms with Gasteiger partial charge in [0.25, 0.3) is 0 Å². The third-order valence-corrected chi connectivity index (χ3v) is 4.73. The molecule has 0 aromatic heterocycles. The monoisotopic (exact) mass is 315 g/mol. The fourth-order valence-corrected chi connectivity index (χ4v) is 3.32. The van der Waals surface area contributed by atoms with Crippen molar-refractivity contribution in [2.75, 3.05) is 6.54 Å². The first-order valence-corrected chi connectivity index (χ1v) is 8.36. The zero-order chi connectivity index (χ0) is 16.7. The van der Waals surface area contributed by atoms with E-state index in [1.54, 1.807) is 0 Å². The van der Waals surface area contributed by atoms with Crippen LogP contribution in [0.15, 0.2) is 30.3 Å². The van der Waals surface area contributed by atoms with E-state index in [0.29, 0.717) is 6.54 Å². The highest BCUT2D eigenvalue weighted by Gasteiger charge is 2.57. The number of ether oxygens (including phenoxy) is 1. The van der Waals surface area contributed by atoms with Crippen molar-refractivity contribution in [2.24, 2.45) is 5.41 Å². The van der Waals surface area contributed by atoms with Gasteiger partial charge in [0.2, 0.25) is 0 Å². The van der Waals surface area contributed by atoms with E-state index in [1.165, 1.54) is 0 Å². The van der Waals surface area contributed by atoms with Crippen LogP contribution in [0.5, 0.6) is 0 Å². The Balaban J connectivity index is 1.81. The van der Waals surface area contributed by atoms with Crippen molar-refractivity contribution in [3.8, 4) is 0 Å². The van der Waals surface area contributed by atoms with Gasteiger partial charge in [0, 0.05) is 18.5 Å². The van der Waals surface area contributed by atoms with E-state index in [4.69, 9.17) is 4.74 Å². The number of hydrogen-bond acceptors (Lipinski definition) is 4. The molecule has 0 N–H and O–H groups in total. The average Bonchev–Trinajstić information content (AvgIpc) is 3.23. The Morgan fingerprint density at radius 3 is 2.43 bits per heavy atom. The maximum Gasteiger partial charge on any atom is 0.331 e. The van der Waals surface area contributed by atoms with Crippen molar-refractivity contribution in [1.82, 2.24) is 4.90 Å². The first kappa shape index (κ1) is 16.2. The number of carbonyl (C=O) groups is 2. The van der Waals surface area contributed by atoms with Crippen LogP contribution in [0.4, 0.5) is 0 Å². The lowest BCUT2D eigenvalue weighted by Crippen LogP contribution is -2.55. The summed E-state index contributed by atoms with van der Waals surface area (Å²) in [6.45, 7) is 6.89. The van der Waals surface area contributed by atoms with Gasteiger partial charge in [0.05, 0.1) is 0 Å². The Morgan fingerprint density at radius 1 is 1.22 bits per heavy atom. The normalized spacial score (nSPS) is 23.8. The number of rotatable bonds is 3. The minimum atomic E-state index is -0.759. The smallest absolute Gasteiger partial charge is 0.331 e. The Kier molecular flexibility index (Phi) is 4.05. The topological polar surface area (TPSA) is 46.6 Å².